The number of anilines is 3. The summed E-state index contributed by atoms with van der Waals surface area (Å²) in [5.74, 6) is -0.564. The summed E-state index contributed by atoms with van der Waals surface area (Å²) in [5.41, 5.74) is 2.54. The first-order valence-electron chi connectivity index (χ1n) is 6.75. The molecule has 0 unspecified atom stereocenters. The first-order chi connectivity index (χ1) is 10.6. The minimum absolute atomic E-state index is 0.222. The minimum atomic E-state index is -0.342. The third-order valence-electron chi connectivity index (χ3n) is 3.00. The minimum Gasteiger partial charge on any atom is -0.355 e. The number of hydrogen-bond acceptors (Lipinski definition) is 3. The molecule has 0 radical (unpaired) electrons. The predicted octanol–water partition coefficient (Wildman–Crippen LogP) is 2.91. The van der Waals surface area contributed by atoms with Crippen LogP contribution >= 0.6 is 0 Å². The molecule has 0 spiro atoms. The first-order valence-corrected chi connectivity index (χ1v) is 6.75. The maximum Gasteiger partial charge on any atom is 0.251 e. The number of amides is 2. The highest BCUT2D eigenvalue weighted by Gasteiger charge is 2.10. The Bertz CT molecular complexity index is 696. The summed E-state index contributed by atoms with van der Waals surface area (Å²) in [6, 6.07) is 14.6. The van der Waals surface area contributed by atoms with Gasteiger partial charge < -0.3 is 16.0 Å². The molecule has 0 aromatic heterocycles. The molecule has 0 saturated carbocycles. The van der Waals surface area contributed by atoms with Crippen LogP contribution in [0.4, 0.5) is 17.1 Å². The Morgan fingerprint density at radius 2 is 1.77 bits per heavy atom. The molecule has 0 aliphatic rings. The highest BCUT2D eigenvalue weighted by atomic mass is 16.2. The Morgan fingerprint density at radius 3 is 2.41 bits per heavy atom. The topological polar surface area (TPSA) is 70.2 Å². The smallest absolute Gasteiger partial charge is 0.251 e. The number of hydrogen-bond donors (Lipinski definition) is 3. The molecular weight excluding hydrogens is 278 g/mol. The molecule has 2 aromatic rings. The van der Waals surface area contributed by atoms with Gasteiger partial charge in [-0.2, -0.15) is 0 Å². The molecule has 5 heteroatoms. The zero-order chi connectivity index (χ0) is 15.9. The van der Waals surface area contributed by atoms with E-state index >= 15 is 0 Å². The van der Waals surface area contributed by atoms with Gasteiger partial charge in [0.15, 0.2) is 0 Å². The van der Waals surface area contributed by atoms with Gasteiger partial charge in [-0.1, -0.05) is 24.8 Å². The van der Waals surface area contributed by atoms with E-state index in [1.807, 2.05) is 30.3 Å². The van der Waals surface area contributed by atoms with Crippen molar-refractivity contribution in [3.63, 3.8) is 0 Å². The molecule has 0 aliphatic carbocycles. The van der Waals surface area contributed by atoms with E-state index in [4.69, 9.17) is 0 Å². The van der Waals surface area contributed by atoms with E-state index in [1.54, 1.807) is 25.2 Å². The average molecular weight is 295 g/mol. The molecule has 0 saturated heterocycles. The largest absolute Gasteiger partial charge is 0.355 e. The van der Waals surface area contributed by atoms with Crippen LogP contribution in [0.3, 0.4) is 0 Å². The van der Waals surface area contributed by atoms with Crippen LogP contribution in [0.25, 0.3) is 0 Å². The molecule has 0 bridgehead atoms. The van der Waals surface area contributed by atoms with E-state index in [0.29, 0.717) is 16.9 Å². The van der Waals surface area contributed by atoms with Gasteiger partial charge in [-0.05, 0) is 36.4 Å². The number of carbonyl (C=O) groups is 2. The maximum absolute atomic E-state index is 11.7. The molecule has 0 aliphatic heterocycles. The van der Waals surface area contributed by atoms with Crippen LogP contribution in [-0.2, 0) is 4.79 Å². The Labute approximate surface area is 129 Å². The van der Waals surface area contributed by atoms with E-state index in [9.17, 15) is 9.59 Å². The van der Waals surface area contributed by atoms with Gasteiger partial charge >= 0.3 is 0 Å². The lowest BCUT2D eigenvalue weighted by Gasteiger charge is -2.14. The monoisotopic (exact) mass is 295 g/mol. The van der Waals surface area contributed by atoms with Crippen molar-refractivity contribution >= 4 is 28.9 Å². The summed E-state index contributed by atoms with van der Waals surface area (Å²) in [6.45, 7) is 3.43. The normalized spacial score (nSPS) is 9.68. The van der Waals surface area contributed by atoms with Crippen molar-refractivity contribution in [2.75, 3.05) is 17.7 Å². The quantitative estimate of drug-likeness (QED) is 0.743. The lowest BCUT2D eigenvalue weighted by molar-refractivity contribution is -0.111. The van der Waals surface area contributed by atoms with Crippen molar-refractivity contribution in [1.29, 1.82) is 0 Å². The SMILES string of the molecule is C=CC(=O)Nc1cc(C(=O)NC)ccc1Nc1ccccc1. The third-order valence-corrected chi connectivity index (χ3v) is 3.00. The highest BCUT2D eigenvalue weighted by Crippen LogP contribution is 2.27. The summed E-state index contributed by atoms with van der Waals surface area (Å²) in [5, 5.41) is 8.46. The molecule has 5 nitrogen and oxygen atoms in total. The van der Waals surface area contributed by atoms with E-state index in [1.165, 1.54) is 6.08 Å². The van der Waals surface area contributed by atoms with Crippen molar-refractivity contribution in [3.8, 4) is 0 Å². The summed E-state index contributed by atoms with van der Waals surface area (Å²) in [6.07, 6.45) is 1.18. The second-order valence-electron chi connectivity index (χ2n) is 4.52. The van der Waals surface area contributed by atoms with Crippen molar-refractivity contribution in [2.45, 2.75) is 0 Å². The molecular formula is C17H17N3O2. The zero-order valence-corrected chi connectivity index (χ0v) is 12.2. The molecule has 2 amide bonds. The fraction of sp³-hybridized carbons (Fsp3) is 0.0588. The van der Waals surface area contributed by atoms with Gasteiger partial charge in [0.1, 0.15) is 0 Å². The van der Waals surface area contributed by atoms with E-state index in [0.717, 1.165) is 5.69 Å². The number of carbonyl (C=O) groups excluding carboxylic acids is 2. The van der Waals surface area contributed by atoms with Gasteiger partial charge in [0, 0.05) is 18.3 Å². The fourth-order valence-electron chi connectivity index (χ4n) is 1.90. The summed E-state index contributed by atoms with van der Waals surface area (Å²) in [4.78, 5) is 23.3. The molecule has 0 heterocycles. The van der Waals surface area contributed by atoms with Crippen LogP contribution in [0.5, 0.6) is 0 Å². The van der Waals surface area contributed by atoms with Crippen molar-refractivity contribution in [1.82, 2.24) is 5.32 Å². The number of rotatable bonds is 5. The summed E-state index contributed by atoms with van der Waals surface area (Å²) >= 11 is 0. The van der Waals surface area contributed by atoms with Gasteiger partial charge in [0.2, 0.25) is 5.91 Å². The Morgan fingerprint density at radius 1 is 1.05 bits per heavy atom. The standard InChI is InChI=1S/C17H17N3O2/c1-3-16(21)20-15-11-12(17(22)18-2)9-10-14(15)19-13-7-5-4-6-8-13/h3-11,19H,1H2,2H3,(H,18,22)(H,20,21). The number of benzene rings is 2. The molecule has 0 atom stereocenters. The molecule has 22 heavy (non-hydrogen) atoms. The molecule has 112 valence electrons. The maximum atomic E-state index is 11.7. The Balaban J connectivity index is 2.36. The van der Waals surface area contributed by atoms with Crippen molar-refractivity contribution < 1.29 is 9.59 Å². The van der Waals surface area contributed by atoms with E-state index < -0.39 is 0 Å². The number of nitrogens with one attached hydrogen (secondary N) is 3. The zero-order valence-electron chi connectivity index (χ0n) is 12.2. The second kappa shape index (κ2) is 7.08. The van der Waals surface area contributed by atoms with Crippen molar-refractivity contribution in [3.05, 3.63) is 66.7 Å². The lowest BCUT2D eigenvalue weighted by Crippen LogP contribution is -2.18. The molecule has 2 aromatic carbocycles. The van der Waals surface area contributed by atoms with Crippen LogP contribution in [-0.4, -0.2) is 18.9 Å². The van der Waals surface area contributed by atoms with Gasteiger partial charge in [0.25, 0.3) is 5.91 Å². The predicted molar refractivity (Wildman–Crippen MR) is 88.4 cm³/mol. The Hall–Kier alpha value is -3.08. The highest BCUT2D eigenvalue weighted by molar-refractivity contribution is 6.03. The fourth-order valence-corrected chi connectivity index (χ4v) is 1.90. The second-order valence-corrected chi connectivity index (χ2v) is 4.52. The molecule has 0 fully saturated rings. The van der Waals surface area contributed by atoms with E-state index in [2.05, 4.69) is 22.5 Å². The van der Waals surface area contributed by atoms with Crippen molar-refractivity contribution in [2.24, 2.45) is 0 Å². The number of para-hydroxylation sites is 1. The summed E-state index contributed by atoms with van der Waals surface area (Å²) in [7, 11) is 1.56. The van der Waals surface area contributed by atoms with Gasteiger partial charge in [-0.3, -0.25) is 9.59 Å². The third kappa shape index (κ3) is 3.73. The van der Waals surface area contributed by atoms with E-state index in [-0.39, 0.29) is 11.8 Å². The molecule has 2 rings (SSSR count). The summed E-state index contributed by atoms with van der Waals surface area (Å²) < 4.78 is 0. The van der Waals surface area contributed by atoms with Crippen LogP contribution in [0, 0.1) is 0 Å². The van der Waals surface area contributed by atoms with Gasteiger partial charge in [0.05, 0.1) is 11.4 Å². The molecule has 3 N–H and O–H groups in total. The van der Waals surface area contributed by atoms with Gasteiger partial charge in [-0.25, -0.2) is 0 Å². The van der Waals surface area contributed by atoms with Gasteiger partial charge in [-0.15, -0.1) is 0 Å². The van der Waals surface area contributed by atoms with Crippen LogP contribution in [0.15, 0.2) is 61.2 Å². The first kappa shape index (κ1) is 15.3. The Kier molecular flexibility index (Phi) is 4.93. The van der Waals surface area contributed by atoms with Crippen LogP contribution < -0.4 is 16.0 Å². The lowest BCUT2D eigenvalue weighted by atomic mass is 10.1. The van der Waals surface area contributed by atoms with Crippen LogP contribution in [0.1, 0.15) is 10.4 Å². The van der Waals surface area contributed by atoms with Crippen LogP contribution in [0.2, 0.25) is 0 Å². The average Bonchev–Trinajstić information content (AvgIpc) is 2.56.